The number of nitriles is 1. The van der Waals surface area contributed by atoms with Gasteiger partial charge in [0.05, 0.1) is 23.4 Å². The number of aliphatic hydroxyl groups excluding tert-OH is 1. The minimum Gasteiger partial charge on any atom is -0.397 e. The average molecular weight is 495 g/mol. The van der Waals surface area contributed by atoms with E-state index in [0.717, 1.165) is 65.9 Å². The second-order valence-corrected chi connectivity index (χ2v) is 9.70. The first-order valence-electron chi connectivity index (χ1n) is 11.6. The molecule has 0 radical (unpaired) electrons. The van der Waals surface area contributed by atoms with E-state index in [1.165, 1.54) is 11.3 Å². The number of pyridine rings is 1. The number of amides is 1. The molecule has 1 unspecified atom stereocenters. The molecule has 3 heterocycles. The third-order valence-corrected chi connectivity index (χ3v) is 7.44. The van der Waals surface area contributed by atoms with Gasteiger partial charge in [0.15, 0.2) is 0 Å². The van der Waals surface area contributed by atoms with Gasteiger partial charge in [0.25, 0.3) is 5.91 Å². The number of rotatable bonds is 8. The molecule has 1 saturated heterocycles. The molecule has 6 N–H and O–H groups in total. The lowest BCUT2D eigenvalue weighted by atomic mass is 10.0. The van der Waals surface area contributed by atoms with Gasteiger partial charge in [0, 0.05) is 31.1 Å². The van der Waals surface area contributed by atoms with E-state index >= 15 is 0 Å². The third-order valence-electron chi connectivity index (χ3n) is 6.33. The van der Waals surface area contributed by atoms with Crippen molar-refractivity contribution in [1.82, 2.24) is 10.3 Å². The number of piperidine rings is 1. The Morgan fingerprint density at radius 3 is 2.77 bits per heavy atom. The van der Waals surface area contributed by atoms with Crippen molar-refractivity contribution in [3.05, 3.63) is 51.9 Å². The fourth-order valence-electron chi connectivity index (χ4n) is 4.52. The second kappa shape index (κ2) is 11.5. The number of fused-ring (bicyclic) bond motifs is 1. The molecule has 0 aliphatic carbocycles. The predicted molar refractivity (Wildman–Crippen MR) is 143 cm³/mol. The monoisotopic (exact) mass is 494 g/mol. The largest absolute Gasteiger partial charge is 0.397 e. The lowest BCUT2D eigenvalue weighted by Crippen LogP contribution is -2.44. The van der Waals surface area contributed by atoms with Gasteiger partial charge in [0.2, 0.25) is 0 Å². The maximum absolute atomic E-state index is 11.8. The first-order valence-corrected chi connectivity index (χ1v) is 12.4. The molecule has 0 spiro atoms. The van der Waals surface area contributed by atoms with Crippen molar-refractivity contribution >= 4 is 39.0 Å². The summed E-state index contributed by atoms with van der Waals surface area (Å²) in [5, 5.41) is 23.9. The van der Waals surface area contributed by atoms with E-state index in [0.29, 0.717) is 28.7 Å². The van der Waals surface area contributed by atoms with Crippen molar-refractivity contribution in [2.75, 3.05) is 30.3 Å². The summed E-state index contributed by atoms with van der Waals surface area (Å²) in [4.78, 5) is 20.0. The highest BCUT2D eigenvalue weighted by molar-refractivity contribution is 7.21. The van der Waals surface area contributed by atoms with Gasteiger partial charge in [-0.25, -0.2) is 4.98 Å². The van der Waals surface area contributed by atoms with E-state index in [1.54, 1.807) is 18.2 Å². The normalized spacial score (nSPS) is 14.9. The van der Waals surface area contributed by atoms with E-state index in [1.807, 2.05) is 6.07 Å². The lowest BCUT2D eigenvalue weighted by molar-refractivity contribution is 0.100. The Morgan fingerprint density at radius 2 is 2.11 bits per heavy atom. The third kappa shape index (κ3) is 5.73. The Kier molecular flexibility index (Phi) is 8.67. The van der Waals surface area contributed by atoms with Crippen molar-refractivity contribution in [3.8, 4) is 6.07 Å². The number of nitrogens with one attached hydrogen (secondary N) is 1. The molecule has 0 bridgehead atoms. The van der Waals surface area contributed by atoms with Crippen molar-refractivity contribution in [2.24, 2.45) is 5.73 Å². The summed E-state index contributed by atoms with van der Waals surface area (Å²) < 4.78 is 0. The second-order valence-electron chi connectivity index (χ2n) is 8.70. The van der Waals surface area contributed by atoms with E-state index in [9.17, 15) is 9.90 Å². The van der Waals surface area contributed by atoms with Gasteiger partial charge < -0.3 is 26.8 Å². The molecular formula is C26H34N6O2S. The Morgan fingerprint density at radius 1 is 1.37 bits per heavy atom. The molecule has 186 valence electrons. The van der Waals surface area contributed by atoms with Gasteiger partial charge in [-0.05, 0) is 48.6 Å². The summed E-state index contributed by atoms with van der Waals surface area (Å²) in [6.07, 6.45) is 3.01. The van der Waals surface area contributed by atoms with E-state index < -0.39 is 12.0 Å². The van der Waals surface area contributed by atoms with Crippen LogP contribution in [0.3, 0.4) is 0 Å². The fraction of sp³-hybridized carbons (Fsp3) is 0.423. The molecule has 2 aromatic heterocycles. The molecule has 1 amide bonds. The Bertz CT molecular complexity index is 1230. The molecule has 4 rings (SSSR count). The van der Waals surface area contributed by atoms with E-state index in [4.69, 9.17) is 21.7 Å². The van der Waals surface area contributed by atoms with Crippen LogP contribution in [-0.4, -0.2) is 41.7 Å². The van der Waals surface area contributed by atoms with Gasteiger partial charge in [0.1, 0.15) is 15.5 Å². The molecule has 1 fully saturated rings. The van der Waals surface area contributed by atoms with E-state index in [2.05, 4.69) is 29.3 Å². The van der Waals surface area contributed by atoms with Crippen molar-refractivity contribution in [2.45, 2.75) is 52.2 Å². The number of aryl methyl sites for hydroxylation is 1. The number of hydrogen-bond acceptors (Lipinski definition) is 8. The van der Waals surface area contributed by atoms with Gasteiger partial charge in [-0.3, -0.25) is 4.79 Å². The van der Waals surface area contributed by atoms with Crippen LogP contribution in [-0.2, 0) is 6.42 Å². The zero-order valence-electron chi connectivity index (χ0n) is 19.3. The summed E-state index contributed by atoms with van der Waals surface area (Å²) in [5.74, 6) is 0.387. The van der Waals surface area contributed by atoms with Crippen molar-refractivity contribution in [1.29, 1.82) is 5.26 Å². The van der Waals surface area contributed by atoms with Crippen molar-refractivity contribution < 1.29 is 9.90 Å². The smallest absolute Gasteiger partial charge is 0.260 e. The summed E-state index contributed by atoms with van der Waals surface area (Å²) in [7, 11) is 0. The summed E-state index contributed by atoms with van der Waals surface area (Å²) >= 11 is 1.26. The first kappa shape index (κ1) is 26.4. The Balaban J connectivity index is 0.00000342. The van der Waals surface area contributed by atoms with Gasteiger partial charge >= 0.3 is 0 Å². The quantitative estimate of drug-likeness (QED) is 0.374. The number of benzene rings is 1. The topological polar surface area (TPSA) is 141 Å². The van der Waals surface area contributed by atoms with Crippen LogP contribution in [0.4, 0.5) is 11.5 Å². The number of carbonyl (C=O) groups excluding carboxylic acids is 1. The number of aromatic nitrogens is 1. The highest BCUT2D eigenvalue weighted by Crippen LogP contribution is 2.37. The van der Waals surface area contributed by atoms with Crippen LogP contribution in [0.15, 0.2) is 30.3 Å². The van der Waals surface area contributed by atoms with Crippen LogP contribution in [0.2, 0.25) is 0 Å². The standard InChI is InChI=1S/C25H30N6O2S.CH4/c1-2-4-17-12-20(30-25-21(17)22(27)23(34-25)24(28)33)31-9-7-18(8-10-31)29-14-19(32)16-6-3-5-15(11-16)13-26;/h3,5-6,11-12,18-19,29,32H,2,4,7-10,14,27H2,1H3,(H2,28,33);1H4. The molecule has 0 saturated carbocycles. The molecule has 1 aliphatic heterocycles. The fourth-order valence-corrected chi connectivity index (χ4v) is 5.51. The number of aliphatic hydroxyl groups is 1. The van der Waals surface area contributed by atoms with Crippen LogP contribution in [0.25, 0.3) is 10.2 Å². The molecule has 1 aliphatic rings. The number of nitrogens with two attached hydrogens (primary N) is 2. The highest BCUT2D eigenvalue weighted by Gasteiger charge is 2.24. The maximum Gasteiger partial charge on any atom is 0.260 e. The minimum atomic E-state index is -0.657. The molecule has 1 atom stereocenters. The van der Waals surface area contributed by atoms with Crippen molar-refractivity contribution in [3.63, 3.8) is 0 Å². The Hall–Kier alpha value is -3.19. The molecule has 3 aromatic rings. The van der Waals surface area contributed by atoms with Gasteiger partial charge in [-0.2, -0.15) is 5.26 Å². The highest BCUT2D eigenvalue weighted by atomic mass is 32.1. The number of hydrogen-bond donors (Lipinski definition) is 4. The molecule has 35 heavy (non-hydrogen) atoms. The zero-order chi connectivity index (χ0) is 24.2. The number of thiophene rings is 1. The van der Waals surface area contributed by atoms with Crippen LogP contribution in [0, 0.1) is 11.3 Å². The molecular weight excluding hydrogens is 460 g/mol. The predicted octanol–water partition coefficient (Wildman–Crippen LogP) is 3.73. The van der Waals surface area contributed by atoms with Crippen LogP contribution >= 0.6 is 11.3 Å². The van der Waals surface area contributed by atoms with Gasteiger partial charge in [-0.15, -0.1) is 11.3 Å². The zero-order valence-corrected chi connectivity index (χ0v) is 20.1. The minimum absolute atomic E-state index is 0. The number of carbonyl (C=O) groups is 1. The summed E-state index contributed by atoms with van der Waals surface area (Å²) in [5.41, 5.74) is 14.6. The molecule has 8 nitrogen and oxygen atoms in total. The van der Waals surface area contributed by atoms with Crippen LogP contribution in [0.1, 0.15) is 66.1 Å². The van der Waals surface area contributed by atoms with Crippen LogP contribution in [0.5, 0.6) is 0 Å². The number of nitrogen functional groups attached to an aromatic ring is 1. The number of primary amides is 1. The summed E-state index contributed by atoms with van der Waals surface area (Å²) in [6, 6.07) is 11.6. The van der Waals surface area contributed by atoms with Crippen LogP contribution < -0.4 is 21.7 Å². The average Bonchev–Trinajstić information content (AvgIpc) is 3.20. The molecule has 1 aromatic carbocycles. The van der Waals surface area contributed by atoms with Gasteiger partial charge in [-0.1, -0.05) is 32.9 Å². The SMILES string of the molecule is C.CCCc1cc(N2CCC(NCC(O)c3cccc(C#N)c3)CC2)nc2sc(C(N)=O)c(N)c12. The maximum atomic E-state index is 11.8. The first-order chi connectivity index (χ1) is 16.4. The number of anilines is 2. The number of nitrogens with zero attached hydrogens (tertiary/aromatic N) is 3. The molecule has 9 heteroatoms. The lowest BCUT2D eigenvalue weighted by Gasteiger charge is -2.34. The van der Waals surface area contributed by atoms with E-state index in [-0.39, 0.29) is 7.43 Å². The Labute approximate surface area is 210 Å². The summed E-state index contributed by atoms with van der Waals surface area (Å²) in [6.45, 7) is 4.23.